The maximum absolute atomic E-state index is 10.1. The van der Waals surface area contributed by atoms with Gasteiger partial charge in [0.15, 0.2) is 5.65 Å². The summed E-state index contributed by atoms with van der Waals surface area (Å²) in [5.41, 5.74) is 7.04. The Morgan fingerprint density at radius 2 is 1.73 bits per heavy atom. The average molecular weight is 395 g/mol. The van der Waals surface area contributed by atoms with Gasteiger partial charge in [0, 0.05) is 25.1 Å². The second kappa shape index (κ2) is 7.50. The second-order valence-electron chi connectivity index (χ2n) is 8.51. The number of nitrogens with zero attached hydrogens (tertiary/aromatic N) is 4. The number of aromatic nitrogens is 2. The van der Waals surface area contributed by atoms with E-state index in [2.05, 4.69) is 71.7 Å². The number of benzene rings is 2. The van der Waals surface area contributed by atoms with Crippen LogP contribution >= 0.6 is 0 Å². The van der Waals surface area contributed by atoms with Crippen molar-refractivity contribution in [2.75, 3.05) is 18.0 Å². The van der Waals surface area contributed by atoms with E-state index >= 15 is 0 Å². The van der Waals surface area contributed by atoms with E-state index in [-0.39, 0.29) is 0 Å². The maximum Gasteiger partial charge on any atom is 0.157 e. The minimum Gasteiger partial charge on any atom is -0.357 e. The Kier molecular flexibility index (Phi) is 4.67. The largest absolute Gasteiger partial charge is 0.357 e. The van der Waals surface area contributed by atoms with Crippen molar-refractivity contribution in [3.63, 3.8) is 0 Å². The fraction of sp³-hybridized carbons (Fsp3) is 0.308. The molecule has 0 unspecified atom stereocenters. The monoisotopic (exact) mass is 394 g/mol. The van der Waals surface area contributed by atoms with E-state index in [0.29, 0.717) is 5.56 Å². The molecule has 4 aromatic rings. The van der Waals surface area contributed by atoms with E-state index in [1.807, 2.05) is 12.1 Å². The van der Waals surface area contributed by atoms with Gasteiger partial charge in [0.1, 0.15) is 11.9 Å². The molecule has 0 aliphatic carbocycles. The molecule has 0 amide bonds. The van der Waals surface area contributed by atoms with E-state index in [0.717, 1.165) is 47.7 Å². The molecule has 2 aromatic carbocycles. The van der Waals surface area contributed by atoms with Gasteiger partial charge in [-0.2, -0.15) is 5.26 Å². The summed E-state index contributed by atoms with van der Waals surface area (Å²) in [4.78, 5) is 7.40. The first-order chi connectivity index (χ1) is 14.7. The van der Waals surface area contributed by atoms with E-state index in [1.54, 1.807) is 0 Å². The molecule has 5 rings (SSSR count). The first-order valence-corrected chi connectivity index (χ1v) is 10.8. The third-order valence-corrected chi connectivity index (χ3v) is 6.51. The highest BCUT2D eigenvalue weighted by molar-refractivity contribution is 5.86. The van der Waals surface area contributed by atoms with Crippen molar-refractivity contribution in [2.45, 2.75) is 33.1 Å². The van der Waals surface area contributed by atoms with Crippen LogP contribution in [-0.4, -0.2) is 22.5 Å². The molecule has 0 bridgehead atoms. The van der Waals surface area contributed by atoms with Crippen LogP contribution in [-0.2, 0) is 6.42 Å². The van der Waals surface area contributed by atoms with Crippen LogP contribution in [0.5, 0.6) is 0 Å². The lowest BCUT2D eigenvalue weighted by Crippen LogP contribution is -2.35. The maximum atomic E-state index is 10.1. The van der Waals surface area contributed by atoms with E-state index in [1.165, 1.54) is 29.8 Å². The molecule has 1 aliphatic rings. The number of piperidine rings is 1. The summed E-state index contributed by atoms with van der Waals surface area (Å²) in [5, 5.41) is 10.1. The van der Waals surface area contributed by atoms with Crippen molar-refractivity contribution < 1.29 is 0 Å². The van der Waals surface area contributed by atoms with E-state index < -0.39 is 0 Å². The van der Waals surface area contributed by atoms with Crippen molar-refractivity contribution in [3.05, 3.63) is 76.9 Å². The Labute approximate surface area is 177 Å². The Hall–Kier alpha value is -3.32. The van der Waals surface area contributed by atoms with E-state index in [9.17, 15) is 5.26 Å². The molecule has 0 atom stereocenters. The van der Waals surface area contributed by atoms with Gasteiger partial charge in [-0.15, -0.1) is 0 Å². The fourth-order valence-corrected chi connectivity index (χ4v) is 4.73. The zero-order chi connectivity index (χ0) is 20.7. The van der Waals surface area contributed by atoms with Crippen LogP contribution in [0, 0.1) is 24.2 Å². The van der Waals surface area contributed by atoms with Gasteiger partial charge in [-0.1, -0.05) is 49.4 Å². The number of pyridine rings is 1. The van der Waals surface area contributed by atoms with Crippen LogP contribution < -0.4 is 4.90 Å². The molecule has 150 valence electrons. The van der Waals surface area contributed by atoms with E-state index in [4.69, 9.17) is 4.98 Å². The van der Waals surface area contributed by atoms with Gasteiger partial charge >= 0.3 is 0 Å². The lowest BCUT2D eigenvalue weighted by Gasteiger charge is -2.35. The van der Waals surface area contributed by atoms with Gasteiger partial charge in [-0.25, -0.2) is 4.98 Å². The highest BCUT2D eigenvalue weighted by Gasteiger charge is 2.26. The Bertz CT molecular complexity index is 1260. The molecule has 30 heavy (non-hydrogen) atoms. The summed E-state index contributed by atoms with van der Waals surface area (Å²) in [6.07, 6.45) is 3.20. The summed E-state index contributed by atoms with van der Waals surface area (Å²) in [5.74, 6) is 1.97. The highest BCUT2D eigenvalue weighted by atomic mass is 15.2. The van der Waals surface area contributed by atoms with Gasteiger partial charge in [-0.05, 0) is 48.9 Å². The van der Waals surface area contributed by atoms with Crippen LogP contribution in [0.25, 0.3) is 16.7 Å². The summed E-state index contributed by atoms with van der Waals surface area (Å²) >= 11 is 0. The molecule has 0 radical (unpaired) electrons. The molecule has 0 saturated carbocycles. The lowest BCUT2D eigenvalue weighted by molar-refractivity contribution is 0.435. The van der Waals surface area contributed by atoms with Crippen LogP contribution in [0.3, 0.4) is 0 Å². The van der Waals surface area contributed by atoms with Crippen molar-refractivity contribution in [3.8, 4) is 6.07 Å². The number of rotatable bonds is 3. The van der Waals surface area contributed by atoms with Crippen molar-refractivity contribution in [1.82, 2.24) is 9.38 Å². The molecular weight excluding hydrogens is 368 g/mol. The zero-order valence-electron chi connectivity index (χ0n) is 17.6. The molecule has 0 spiro atoms. The van der Waals surface area contributed by atoms with Crippen molar-refractivity contribution in [2.24, 2.45) is 5.92 Å². The predicted molar refractivity (Wildman–Crippen MR) is 122 cm³/mol. The van der Waals surface area contributed by atoms with Crippen molar-refractivity contribution >= 4 is 22.5 Å². The Balaban J connectivity index is 1.84. The summed E-state index contributed by atoms with van der Waals surface area (Å²) in [6, 6.07) is 21.3. The summed E-state index contributed by atoms with van der Waals surface area (Å²) < 4.78 is 2.25. The molecule has 1 saturated heterocycles. The van der Waals surface area contributed by atoms with Gasteiger partial charge in [0.2, 0.25) is 0 Å². The third-order valence-electron chi connectivity index (χ3n) is 6.51. The Morgan fingerprint density at radius 3 is 2.47 bits per heavy atom. The van der Waals surface area contributed by atoms with Crippen LogP contribution in [0.4, 0.5) is 5.82 Å². The first kappa shape index (κ1) is 18.7. The molecule has 1 fully saturated rings. The molecule has 0 N–H and O–H groups in total. The summed E-state index contributed by atoms with van der Waals surface area (Å²) in [6.45, 7) is 6.51. The summed E-state index contributed by atoms with van der Waals surface area (Å²) in [7, 11) is 0. The minimum atomic E-state index is 0.686. The third kappa shape index (κ3) is 3.02. The molecule has 2 aromatic heterocycles. The van der Waals surface area contributed by atoms with Gasteiger partial charge in [0.05, 0.1) is 16.6 Å². The van der Waals surface area contributed by atoms with Crippen molar-refractivity contribution in [1.29, 1.82) is 5.26 Å². The number of hydrogen-bond acceptors (Lipinski definition) is 3. The van der Waals surface area contributed by atoms with Gasteiger partial charge in [0.25, 0.3) is 0 Å². The lowest BCUT2D eigenvalue weighted by atomic mass is 9.95. The van der Waals surface area contributed by atoms with Crippen LogP contribution in [0.1, 0.15) is 42.0 Å². The fourth-order valence-electron chi connectivity index (χ4n) is 4.73. The smallest absolute Gasteiger partial charge is 0.157 e. The quantitative estimate of drug-likeness (QED) is 0.461. The van der Waals surface area contributed by atoms with Crippen LogP contribution in [0.15, 0.2) is 54.6 Å². The average Bonchev–Trinajstić information content (AvgIpc) is 3.15. The normalized spacial score (nSPS) is 15.0. The van der Waals surface area contributed by atoms with Gasteiger partial charge < -0.3 is 4.90 Å². The topological polar surface area (TPSA) is 44.3 Å². The molecule has 3 heterocycles. The number of para-hydroxylation sites is 2. The second-order valence-corrected chi connectivity index (χ2v) is 8.51. The Morgan fingerprint density at radius 1 is 1.03 bits per heavy atom. The number of fused-ring (bicyclic) bond motifs is 3. The molecule has 4 heteroatoms. The number of imidazole rings is 1. The number of hydrogen-bond donors (Lipinski definition) is 0. The minimum absolute atomic E-state index is 0.686. The SMILES string of the molecule is Cc1c(Cc2ccccc2)c(N2CCC(C)CC2)n2c(nc3ccccc32)c1C#N. The molecule has 4 nitrogen and oxygen atoms in total. The zero-order valence-corrected chi connectivity index (χ0v) is 17.6. The standard InChI is InChI=1S/C26H26N4/c1-18-12-14-29(15-13-18)26-21(16-20-8-4-3-5-9-20)19(2)22(17-27)25-28-23-10-6-7-11-24(23)30(25)26/h3-11,18H,12-16H2,1-2H3. The number of nitriles is 1. The highest BCUT2D eigenvalue weighted by Crippen LogP contribution is 2.36. The van der Waals surface area contributed by atoms with Gasteiger partial charge in [-0.3, -0.25) is 4.40 Å². The molecular formula is C26H26N4. The molecule has 1 aliphatic heterocycles. The van der Waals surface area contributed by atoms with Crippen LogP contribution in [0.2, 0.25) is 0 Å². The first-order valence-electron chi connectivity index (χ1n) is 10.8. The number of anilines is 1. The predicted octanol–water partition coefficient (Wildman–Crippen LogP) is 5.49.